The van der Waals surface area contributed by atoms with Crippen LogP contribution in [0.2, 0.25) is 0 Å². The third-order valence-corrected chi connectivity index (χ3v) is 7.50. The number of rotatable bonds is 2. The molecule has 2 aliphatic carbocycles. The van der Waals surface area contributed by atoms with Crippen LogP contribution in [0.4, 0.5) is 0 Å². The number of Topliss-reactive ketones (excluding diaryl/α,β-unsaturated/α-hetero) is 1. The van der Waals surface area contributed by atoms with E-state index in [0.717, 1.165) is 12.8 Å². The van der Waals surface area contributed by atoms with Gasteiger partial charge in [0.2, 0.25) is 10.0 Å². The first-order valence-corrected chi connectivity index (χ1v) is 8.11. The number of hydrogen-bond donors (Lipinski definition) is 2. The van der Waals surface area contributed by atoms with E-state index in [9.17, 15) is 13.2 Å². The molecule has 0 aromatic carbocycles. The highest BCUT2D eigenvalue weighted by Crippen LogP contribution is 2.72. The highest BCUT2D eigenvalue weighted by Gasteiger charge is 2.77. The summed E-state index contributed by atoms with van der Waals surface area (Å²) in [5, 5.41) is 0. The van der Waals surface area contributed by atoms with Crippen molar-refractivity contribution in [1.29, 1.82) is 0 Å². The molecule has 3 aliphatic rings. The van der Waals surface area contributed by atoms with Gasteiger partial charge in [-0.15, -0.1) is 0 Å². The van der Waals surface area contributed by atoms with Gasteiger partial charge in [0.25, 0.3) is 0 Å². The molecule has 1 spiro atoms. The minimum atomic E-state index is -3.36. The van der Waals surface area contributed by atoms with Crippen LogP contribution in [0.1, 0.15) is 33.1 Å². The first-order chi connectivity index (χ1) is 8.21. The van der Waals surface area contributed by atoms with Crippen molar-refractivity contribution in [2.75, 3.05) is 12.3 Å². The summed E-state index contributed by atoms with van der Waals surface area (Å²) in [6, 6.07) is 0. The van der Waals surface area contributed by atoms with Gasteiger partial charge in [-0.1, -0.05) is 13.8 Å². The number of carbonyl (C=O) groups excluding carboxylic acids is 1. The van der Waals surface area contributed by atoms with Gasteiger partial charge in [0.05, 0.1) is 17.8 Å². The van der Waals surface area contributed by atoms with E-state index in [0.29, 0.717) is 12.3 Å². The van der Waals surface area contributed by atoms with Crippen molar-refractivity contribution in [3.63, 3.8) is 0 Å². The van der Waals surface area contributed by atoms with Crippen LogP contribution in [-0.4, -0.2) is 32.0 Å². The van der Waals surface area contributed by atoms with E-state index >= 15 is 0 Å². The van der Waals surface area contributed by atoms with Gasteiger partial charge in [0.15, 0.2) is 5.78 Å². The van der Waals surface area contributed by atoms with Crippen molar-refractivity contribution in [3.05, 3.63) is 0 Å². The highest BCUT2D eigenvalue weighted by molar-refractivity contribution is 7.89. The zero-order valence-corrected chi connectivity index (χ0v) is 11.6. The van der Waals surface area contributed by atoms with Gasteiger partial charge in [0, 0.05) is 5.41 Å². The first kappa shape index (κ1) is 12.6. The Labute approximate surface area is 108 Å². The molecule has 2 saturated carbocycles. The summed E-state index contributed by atoms with van der Waals surface area (Å²) in [5.41, 5.74) is 4.03. The zero-order valence-electron chi connectivity index (χ0n) is 10.8. The van der Waals surface area contributed by atoms with Crippen LogP contribution in [0.15, 0.2) is 0 Å². The number of carbonyl (C=O) groups is 1. The normalized spacial score (nSPS) is 47.2. The largest absolute Gasteiger partial charge is 0.324 e. The quantitative estimate of drug-likeness (QED) is 0.741. The monoisotopic (exact) mass is 272 g/mol. The molecule has 0 aromatic heterocycles. The molecule has 3 N–H and O–H groups in total. The van der Waals surface area contributed by atoms with Crippen molar-refractivity contribution in [3.8, 4) is 0 Å². The van der Waals surface area contributed by atoms with Crippen molar-refractivity contribution >= 4 is 15.8 Å². The van der Waals surface area contributed by atoms with E-state index < -0.39 is 21.0 Å². The molecule has 0 radical (unpaired) electrons. The summed E-state index contributed by atoms with van der Waals surface area (Å²) in [6.07, 6.45) is 2.45. The number of ketones is 1. The van der Waals surface area contributed by atoms with Crippen LogP contribution in [0, 0.1) is 16.7 Å². The minimum Gasteiger partial charge on any atom is -0.324 e. The van der Waals surface area contributed by atoms with E-state index in [1.807, 2.05) is 0 Å². The Balaban J connectivity index is 2.22. The summed E-state index contributed by atoms with van der Waals surface area (Å²) in [6.45, 7) is 4.13. The van der Waals surface area contributed by atoms with Crippen LogP contribution < -0.4 is 10.5 Å². The Kier molecular flexibility index (Phi) is 2.21. The summed E-state index contributed by atoms with van der Waals surface area (Å²) in [4.78, 5) is 12.3. The van der Waals surface area contributed by atoms with Crippen molar-refractivity contribution in [2.24, 2.45) is 22.5 Å². The van der Waals surface area contributed by atoms with E-state index in [1.165, 1.54) is 0 Å². The second-order valence-corrected chi connectivity index (χ2v) is 8.36. The molecule has 6 heteroatoms. The second-order valence-electron chi connectivity index (χ2n) is 6.64. The lowest BCUT2D eigenvalue weighted by atomic mass is 9.61. The van der Waals surface area contributed by atoms with E-state index in [1.54, 1.807) is 0 Å². The Hall–Kier alpha value is -0.460. The third kappa shape index (κ3) is 1.10. The average molecular weight is 272 g/mol. The summed E-state index contributed by atoms with van der Waals surface area (Å²) in [5.74, 6) is 0.352. The fourth-order valence-corrected chi connectivity index (χ4v) is 7.35. The van der Waals surface area contributed by atoms with Crippen LogP contribution in [-0.2, 0) is 14.8 Å². The maximum Gasteiger partial charge on any atom is 0.213 e. The number of nitrogens with two attached hydrogens (primary N) is 1. The molecule has 3 unspecified atom stereocenters. The number of sulfonamides is 1. The van der Waals surface area contributed by atoms with E-state index in [-0.39, 0.29) is 23.5 Å². The summed E-state index contributed by atoms with van der Waals surface area (Å²) in [7, 11) is -3.36. The predicted molar refractivity (Wildman–Crippen MR) is 67.3 cm³/mol. The van der Waals surface area contributed by atoms with Crippen LogP contribution in [0.25, 0.3) is 0 Å². The summed E-state index contributed by atoms with van der Waals surface area (Å²) >= 11 is 0. The molecule has 2 bridgehead atoms. The fraction of sp³-hybridized carbons (Fsp3) is 0.917. The molecule has 3 fully saturated rings. The number of fused-ring (bicyclic) bond motifs is 1. The molecular formula is C12H20N2O3S. The molecule has 18 heavy (non-hydrogen) atoms. The minimum absolute atomic E-state index is 0.0786. The average Bonchev–Trinajstić information content (AvgIpc) is 2.73. The molecule has 1 saturated heterocycles. The number of nitrogens with one attached hydrogen (secondary N) is 1. The number of hydrogen-bond acceptors (Lipinski definition) is 4. The lowest BCUT2D eigenvalue weighted by Crippen LogP contribution is -2.60. The maximum atomic E-state index is 12.3. The Morgan fingerprint density at radius 2 is 2.11 bits per heavy atom. The van der Waals surface area contributed by atoms with Crippen LogP contribution in [0.5, 0.6) is 0 Å². The summed E-state index contributed by atoms with van der Waals surface area (Å²) < 4.78 is 26.7. The van der Waals surface area contributed by atoms with Gasteiger partial charge < -0.3 is 5.73 Å². The molecule has 3 rings (SSSR count). The smallest absolute Gasteiger partial charge is 0.213 e. The van der Waals surface area contributed by atoms with Gasteiger partial charge in [-0.25, -0.2) is 13.1 Å². The highest BCUT2D eigenvalue weighted by atomic mass is 32.2. The van der Waals surface area contributed by atoms with Crippen molar-refractivity contribution in [1.82, 2.24) is 4.72 Å². The Morgan fingerprint density at radius 1 is 1.44 bits per heavy atom. The topological polar surface area (TPSA) is 89.3 Å². The lowest BCUT2D eigenvalue weighted by Gasteiger charge is -2.43. The maximum absolute atomic E-state index is 12.3. The fourth-order valence-electron chi connectivity index (χ4n) is 4.94. The van der Waals surface area contributed by atoms with Crippen LogP contribution >= 0.6 is 0 Å². The second kappa shape index (κ2) is 3.16. The molecule has 102 valence electrons. The molecular weight excluding hydrogens is 252 g/mol. The Morgan fingerprint density at radius 3 is 2.67 bits per heavy atom. The first-order valence-electron chi connectivity index (χ1n) is 6.46. The van der Waals surface area contributed by atoms with Crippen LogP contribution in [0.3, 0.4) is 0 Å². The van der Waals surface area contributed by atoms with E-state index in [4.69, 9.17) is 5.73 Å². The molecule has 0 amide bonds. The lowest BCUT2D eigenvalue weighted by molar-refractivity contribution is -0.128. The van der Waals surface area contributed by atoms with Gasteiger partial charge in [-0.05, 0) is 30.6 Å². The molecule has 0 aromatic rings. The van der Waals surface area contributed by atoms with Gasteiger partial charge >= 0.3 is 0 Å². The molecule has 1 heterocycles. The zero-order chi connectivity index (χ0) is 13.4. The van der Waals surface area contributed by atoms with Gasteiger partial charge in [-0.2, -0.15) is 0 Å². The standard InChI is InChI=1S/C12H20N2O3S/c1-10(2)8-3-4-11(10)7-18(16,17)14-12(11,5-8)9(15)6-13/h8,14H,3-7,13H2,1-2H3. The van der Waals surface area contributed by atoms with Crippen molar-refractivity contribution < 1.29 is 13.2 Å². The SMILES string of the molecule is CC1(C)C2CCC13CS(=O)(=O)NC3(C(=O)CN)C2. The molecule has 1 aliphatic heterocycles. The molecule has 3 atom stereocenters. The Bertz CT molecular complexity index is 527. The van der Waals surface area contributed by atoms with Gasteiger partial charge in [-0.3, -0.25) is 4.79 Å². The van der Waals surface area contributed by atoms with Gasteiger partial charge in [0.1, 0.15) is 0 Å². The predicted octanol–water partition coefficient (Wildman–Crippen LogP) is 0.0123. The molecule has 5 nitrogen and oxygen atoms in total. The van der Waals surface area contributed by atoms with Crippen molar-refractivity contribution in [2.45, 2.75) is 38.6 Å². The third-order valence-electron chi connectivity index (χ3n) is 5.97. The van der Waals surface area contributed by atoms with E-state index in [2.05, 4.69) is 18.6 Å².